The van der Waals surface area contributed by atoms with E-state index in [9.17, 15) is 9.59 Å². The maximum absolute atomic E-state index is 12.5. The Labute approximate surface area is 255 Å². The molecule has 0 amide bonds. The van der Waals surface area contributed by atoms with E-state index in [4.69, 9.17) is 9.84 Å². The molecule has 0 rings (SSSR count). The minimum absolute atomic E-state index is 0.00923. The second-order valence-electron chi connectivity index (χ2n) is 12.1. The molecular formula is C37H68O4. The highest BCUT2D eigenvalue weighted by Gasteiger charge is 2.14. The van der Waals surface area contributed by atoms with Crippen molar-refractivity contribution in [3.63, 3.8) is 0 Å². The van der Waals surface area contributed by atoms with Crippen molar-refractivity contribution >= 4 is 11.9 Å². The van der Waals surface area contributed by atoms with Gasteiger partial charge < -0.3 is 9.84 Å². The highest BCUT2D eigenvalue weighted by molar-refractivity contribution is 5.69. The van der Waals surface area contributed by atoms with Gasteiger partial charge in [0, 0.05) is 12.8 Å². The number of aliphatic carboxylic acids is 1. The van der Waals surface area contributed by atoms with Gasteiger partial charge in [-0.3, -0.25) is 9.59 Å². The zero-order valence-corrected chi connectivity index (χ0v) is 27.4. The molecule has 0 aliphatic heterocycles. The van der Waals surface area contributed by atoms with Crippen molar-refractivity contribution in [3.05, 3.63) is 24.3 Å². The summed E-state index contributed by atoms with van der Waals surface area (Å²) in [4.78, 5) is 23.2. The first kappa shape index (κ1) is 39.4. The Balaban J connectivity index is 3.89. The number of hydrogen-bond acceptors (Lipinski definition) is 3. The van der Waals surface area contributed by atoms with E-state index in [1.54, 1.807) is 0 Å². The molecule has 0 spiro atoms. The number of unbranched alkanes of at least 4 members (excludes halogenated alkanes) is 19. The topological polar surface area (TPSA) is 63.6 Å². The SMILES string of the molecule is CCCCC/C=C\C/C=C\CCCCCCCCCC(=O)OC(CCCCCCCC)CCCCCCCC(=O)O. The number of hydrogen-bond donors (Lipinski definition) is 1. The van der Waals surface area contributed by atoms with Crippen LogP contribution in [0.2, 0.25) is 0 Å². The number of carbonyl (C=O) groups excluding carboxylic acids is 1. The van der Waals surface area contributed by atoms with Crippen LogP contribution in [0.1, 0.15) is 194 Å². The molecule has 0 heterocycles. The second-order valence-corrected chi connectivity index (χ2v) is 12.1. The molecule has 0 aliphatic rings. The monoisotopic (exact) mass is 577 g/mol. The number of allylic oxidation sites excluding steroid dienone is 4. The molecule has 1 unspecified atom stereocenters. The van der Waals surface area contributed by atoms with Gasteiger partial charge in [0.05, 0.1) is 0 Å². The Hall–Kier alpha value is -1.58. The van der Waals surface area contributed by atoms with E-state index in [1.807, 2.05) is 0 Å². The Morgan fingerprint density at radius 1 is 0.537 bits per heavy atom. The predicted octanol–water partition coefficient (Wildman–Crippen LogP) is 12.1. The highest BCUT2D eigenvalue weighted by Crippen LogP contribution is 2.18. The molecule has 4 nitrogen and oxygen atoms in total. The molecule has 0 aliphatic carbocycles. The lowest BCUT2D eigenvalue weighted by Crippen LogP contribution is -2.18. The summed E-state index contributed by atoms with van der Waals surface area (Å²) in [6.45, 7) is 4.49. The molecule has 240 valence electrons. The number of carboxylic acids is 1. The molecule has 0 saturated heterocycles. The molecule has 0 aromatic carbocycles. The summed E-state index contributed by atoms with van der Waals surface area (Å²) >= 11 is 0. The lowest BCUT2D eigenvalue weighted by atomic mass is 10.0. The minimum atomic E-state index is -0.702. The number of ether oxygens (including phenoxy) is 1. The van der Waals surface area contributed by atoms with E-state index in [0.29, 0.717) is 6.42 Å². The Bertz CT molecular complexity index is 624. The van der Waals surface area contributed by atoms with E-state index < -0.39 is 5.97 Å². The third-order valence-electron chi connectivity index (χ3n) is 7.93. The molecule has 1 atom stereocenters. The summed E-state index contributed by atoms with van der Waals surface area (Å²) in [5.41, 5.74) is 0. The first-order valence-corrected chi connectivity index (χ1v) is 17.8. The standard InChI is InChI=1S/C37H68O4/c1-3-5-7-9-11-12-13-14-15-16-17-18-19-20-21-26-30-34-37(40)41-35(31-27-23-10-8-6-4-2)32-28-24-22-25-29-33-36(38)39/h11-12,14-15,35H,3-10,13,16-34H2,1-2H3,(H,38,39)/b12-11-,15-14-. The zero-order valence-electron chi connectivity index (χ0n) is 27.4. The third kappa shape index (κ3) is 32.8. The highest BCUT2D eigenvalue weighted by atomic mass is 16.5. The first-order valence-electron chi connectivity index (χ1n) is 17.8. The number of esters is 1. The molecule has 0 aromatic heterocycles. The van der Waals surface area contributed by atoms with E-state index in [1.165, 1.54) is 96.3 Å². The van der Waals surface area contributed by atoms with Gasteiger partial charge in [-0.25, -0.2) is 0 Å². The molecule has 0 fully saturated rings. The number of carboxylic acid groups (broad SMARTS) is 1. The van der Waals surface area contributed by atoms with Gasteiger partial charge in [-0.15, -0.1) is 0 Å². The average Bonchev–Trinajstić information content (AvgIpc) is 2.95. The van der Waals surface area contributed by atoms with Gasteiger partial charge in [0.1, 0.15) is 6.10 Å². The van der Waals surface area contributed by atoms with Crippen LogP contribution in [-0.4, -0.2) is 23.1 Å². The van der Waals surface area contributed by atoms with Crippen LogP contribution >= 0.6 is 0 Å². The Morgan fingerprint density at radius 3 is 1.49 bits per heavy atom. The van der Waals surface area contributed by atoms with E-state index >= 15 is 0 Å². The van der Waals surface area contributed by atoms with E-state index in [0.717, 1.165) is 70.6 Å². The molecule has 0 bridgehead atoms. The second kappa shape index (κ2) is 32.9. The van der Waals surface area contributed by atoms with Crippen LogP contribution in [0.5, 0.6) is 0 Å². The van der Waals surface area contributed by atoms with E-state index in [-0.39, 0.29) is 18.5 Å². The molecule has 0 aromatic rings. The molecule has 4 heteroatoms. The maximum Gasteiger partial charge on any atom is 0.306 e. The fourth-order valence-electron chi connectivity index (χ4n) is 5.27. The van der Waals surface area contributed by atoms with Crippen LogP contribution in [0.25, 0.3) is 0 Å². The summed E-state index contributed by atoms with van der Waals surface area (Å²) in [7, 11) is 0. The Kier molecular flexibility index (Phi) is 31.7. The number of rotatable bonds is 32. The lowest BCUT2D eigenvalue weighted by molar-refractivity contribution is -0.150. The van der Waals surface area contributed by atoms with Gasteiger partial charge in [0.25, 0.3) is 0 Å². The van der Waals surface area contributed by atoms with Crippen molar-refractivity contribution in [1.29, 1.82) is 0 Å². The van der Waals surface area contributed by atoms with Crippen molar-refractivity contribution in [2.45, 2.75) is 200 Å². The first-order chi connectivity index (χ1) is 20.1. The van der Waals surface area contributed by atoms with Crippen LogP contribution in [0, 0.1) is 0 Å². The van der Waals surface area contributed by atoms with Crippen LogP contribution in [0.4, 0.5) is 0 Å². The molecule has 1 N–H and O–H groups in total. The van der Waals surface area contributed by atoms with Crippen molar-refractivity contribution in [2.24, 2.45) is 0 Å². The van der Waals surface area contributed by atoms with Gasteiger partial charge in [-0.05, 0) is 70.6 Å². The van der Waals surface area contributed by atoms with Crippen molar-refractivity contribution in [3.8, 4) is 0 Å². The fourth-order valence-corrected chi connectivity index (χ4v) is 5.27. The summed E-state index contributed by atoms with van der Waals surface area (Å²) in [6.07, 6.45) is 40.5. The average molecular weight is 577 g/mol. The molecule has 0 radical (unpaired) electrons. The van der Waals surface area contributed by atoms with Crippen LogP contribution in [0.15, 0.2) is 24.3 Å². The predicted molar refractivity (Wildman–Crippen MR) is 176 cm³/mol. The molecule has 41 heavy (non-hydrogen) atoms. The van der Waals surface area contributed by atoms with Crippen LogP contribution < -0.4 is 0 Å². The van der Waals surface area contributed by atoms with Crippen molar-refractivity contribution < 1.29 is 19.4 Å². The smallest absolute Gasteiger partial charge is 0.306 e. The summed E-state index contributed by atoms with van der Waals surface area (Å²) in [6, 6.07) is 0. The van der Waals surface area contributed by atoms with Gasteiger partial charge in [0.15, 0.2) is 0 Å². The third-order valence-corrected chi connectivity index (χ3v) is 7.93. The van der Waals surface area contributed by atoms with Crippen LogP contribution in [0.3, 0.4) is 0 Å². The summed E-state index contributed by atoms with van der Waals surface area (Å²) < 4.78 is 5.94. The lowest BCUT2D eigenvalue weighted by Gasteiger charge is -2.18. The van der Waals surface area contributed by atoms with Gasteiger partial charge in [-0.1, -0.05) is 134 Å². The van der Waals surface area contributed by atoms with Crippen molar-refractivity contribution in [1.82, 2.24) is 0 Å². The van der Waals surface area contributed by atoms with E-state index in [2.05, 4.69) is 38.2 Å². The van der Waals surface area contributed by atoms with Crippen LogP contribution in [-0.2, 0) is 14.3 Å². The number of carbonyl (C=O) groups is 2. The summed E-state index contributed by atoms with van der Waals surface area (Å²) in [5.74, 6) is -0.712. The molecular weight excluding hydrogens is 508 g/mol. The minimum Gasteiger partial charge on any atom is -0.481 e. The van der Waals surface area contributed by atoms with Gasteiger partial charge in [-0.2, -0.15) is 0 Å². The maximum atomic E-state index is 12.5. The largest absolute Gasteiger partial charge is 0.481 e. The zero-order chi connectivity index (χ0) is 30.1. The van der Waals surface area contributed by atoms with Gasteiger partial charge >= 0.3 is 11.9 Å². The fraction of sp³-hybridized carbons (Fsp3) is 0.838. The Morgan fingerprint density at radius 2 is 0.951 bits per heavy atom. The van der Waals surface area contributed by atoms with Gasteiger partial charge in [0.2, 0.25) is 0 Å². The van der Waals surface area contributed by atoms with Crippen molar-refractivity contribution in [2.75, 3.05) is 0 Å². The molecule has 0 saturated carbocycles. The normalized spacial score (nSPS) is 12.4. The summed E-state index contributed by atoms with van der Waals surface area (Å²) in [5, 5.41) is 8.76. The quantitative estimate of drug-likeness (QED) is 0.0491.